The van der Waals surface area contributed by atoms with E-state index in [2.05, 4.69) is 5.10 Å². The van der Waals surface area contributed by atoms with Gasteiger partial charge in [-0.25, -0.2) is 13.5 Å². The van der Waals surface area contributed by atoms with Crippen LogP contribution in [0, 0.1) is 11.6 Å². The molecule has 7 heteroatoms. The van der Waals surface area contributed by atoms with Crippen molar-refractivity contribution in [1.82, 2.24) is 9.78 Å². The van der Waals surface area contributed by atoms with Crippen molar-refractivity contribution in [2.75, 3.05) is 0 Å². The van der Waals surface area contributed by atoms with Crippen molar-refractivity contribution in [3.8, 4) is 22.8 Å². The van der Waals surface area contributed by atoms with E-state index in [1.165, 1.54) is 22.9 Å². The summed E-state index contributed by atoms with van der Waals surface area (Å²) in [5.41, 5.74) is 0.719. The summed E-state index contributed by atoms with van der Waals surface area (Å²) in [6.45, 7) is 0.205. The molecule has 0 aliphatic rings. The van der Waals surface area contributed by atoms with Gasteiger partial charge in [0.15, 0.2) is 11.6 Å². The molecule has 0 radical (unpaired) electrons. The summed E-state index contributed by atoms with van der Waals surface area (Å²) < 4.78 is 33.6. The average Bonchev–Trinajstić information content (AvgIpc) is 2.94. The van der Waals surface area contributed by atoms with Gasteiger partial charge in [0.05, 0.1) is 11.4 Å². The van der Waals surface area contributed by atoms with Gasteiger partial charge in [0.2, 0.25) is 5.88 Å². The topological polar surface area (TPSA) is 44.1 Å². The molecule has 1 aromatic heterocycles. The van der Waals surface area contributed by atoms with Gasteiger partial charge in [-0.05, 0) is 30.3 Å². The molecule has 0 N–H and O–H groups in total. The minimum Gasteiger partial charge on any atom is -0.408 e. The quantitative estimate of drug-likeness (QED) is 0.677. The highest BCUT2D eigenvalue weighted by molar-refractivity contribution is 6.30. The first kappa shape index (κ1) is 15.2. The first-order valence-electron chi connectivity index (χ1n) is 6.51. The Morgan fingerprint density at radius 1 is 1.13 bits per heavy atom. The summed E-state index contributed by atoms with van der Waals surface area (Å²) in [5, 5.41) is 4.52. The molecular formula is C16H9ClF2N2O2. The highest BCUT2D eigenvalue weighted by Crippen LogP contribution is 2.30. The number of aromatic nitrogens is 2. The molecule has 116 valence electrons. The SMILES string of the molecule is O=COc1cc(-c2cccc(F)c2F)n(-c2cccc(Cl)c2)n1. The molecule has 0 spiro atoms. The van der Waals surface area contributed by atoms with Crippen LogP contribution < -0.4 is 4.74 Å². The number of nitrogens with zero attached hydrogens (tertiary/aromatic N) is 2. The first-order chi connectivity index (χ1) is 11.1. The zero-order valence-corrected chi connectivity index (χ0v) is 12.3. The molecule has 0 unspecified atom stereocenters. The van der Waals surface area contributed by atoms with E-state index >= 15 is 0 Å². The maximum atomic E-state index is 14.1. The molecule has 0 saturated heterocycles. The fourth-order valence-electron chi connectivity index (χ4n) is 2.16. The zero-order chi connectivity index (χ0) is 16.4. The Kier molecular flexibility index (Phi) is 4.08. The van der Waals surface area contributed by atoms with Crippen LogP contribution in [0.25, 0.3) is 16.9 Å². The van der Waals surface area contributed by atoms with E-state index in [9.17, 15) is 13.6 Å². The van der Waals surface area contributed by atoms with Gasteiger partial charge in [-0.3, -0.25) is 4.79 Å². The molecule has 0 aliphatic carbocycles. The fraction of sp³-hybridized carbons (Fsp3) is 0. The van der Waals surface area contributed by atoms with Crippen molar-refractivity contribution in [2.24, 2.45) is 0 Å². The predicted molar refractivity (Wildman–Crippen MR) is 80.6 cm³/mol. The normalized spacial score (nSPS) is 10.6. The maximum absolute atomic E-state index is 14.1. The van der Waals surface area contributed by atoms with Gasteiger partial charge >= 0.3 is 0 Å². The molecule has 0 aliphatic heterocycles. The standard InChI is InChI=1S/C16H9ClF2N2O2/c17-10-3-1-4-11(7-10)21-14(8-15(20-21)23-9-22)12-5-2-6-13(18)16(12)19/h1-9H. The Bertz CT molecular complexity index is 880. The first-order valence-corrected chi connectivity index (χ1v) is 6.88. The molecule has 23 heavy (non-hydrogen) atoms. The van der Waals surface area contributed by atoms with Crippen molar-refractivity contribution < 1.29 is 18.3 Å². The van der Waals surface area contributed by atoms with Gasteiger partial charge in [0.1, 0.15) is 0 Å². The van der Waals surface area contributed by atoms with Gasteiger partial charge in [-0.2, -0.15) is 0 Å². The Hall–Kier alpha value is -2.73. The van der Waals surface area contributed by atoms with Crippen molar-refractivity contribution in [3.63, 3.8) is 0 Å². The number of carbonyl (C=O) groups is 1. The van der Waals surface area contributed by atoms with Crippen LogP contribution in [-0.4, -0.2) is 16.3 Å². The molecule has 0 fully saturated rings. The van der Waals surface area contributed by atoms with Gasteiger partial charge in [0, 0.05) is 16.7 Å². The van der Waals surface area contributed by atoms with Crippen molar-refractivity contribution in [2.45, 2.75) is 0 Å². The highest BCUT2D eigenvalue weighted by atomic mass is 35.5. The average molecular weight is 335 g/mol. The van der Waals surface area contributed by atoms with Crippen LogP contribution in [-0.2, 0) is 4.79 Å². The molecule has 0 bridgehead atoms. The fourth-order valence-corrected chi connectivity index (χ4v) is 2.35. The smallest absolute Gasteiger partial charge is 0.299 e. The van der Waals surface area contributed by atoms with E-state index < -0.39 is 11.6 Å². The summed E-state index contributed by atoms with van der Waals surface area (Å²) in [5.74, 6) is -2.05. The molecule has 3 aromatic rings. The second-order valence-electron chi connectivity index (χ2n) is 4.57. The lowest BCUT2D eigenvalue weighted by Gasteiger charge is -2.08. The Morgan fingerprint density at radius 2 is 1.91 bits per heavy atom. The second-order valence-corrected chi connectivity index (χ2v) is 5.01. The summed E-state index contributed by atoms with van der Waals surface area (Å²) in [6.07, 6.45) is 0. The van der Waals surface area contributed by atoms with Crippen LogP contribution in [0.3, 0.4) is 0 Å². The predicted octanol–water partition coefficient (Wildman–Crippen LogP) is 4.01. The number of benzene rings is 2. The Morgan fingerprint density at radius 3 is 2.65 bits per heavy atom. The third-order valence-electron chi connectivity index (χ3n) is 3.14. The number of carbonyl (C=O) groups excluding carboxylic acids is 1. The van der Waals surface area contributed by atoms with E-state index in [0.29, 0.717) is 10.7 Å². The molecule has 0 saturated carbocycles. The van der Waals surface area contributed by atoms with E-state index in [4.69, 9.17) is 16.3 Å². The summed E-state index contributed by atoms with van der Waals surface area (Å²) in [4.78, 5) is 10.5. The zero-order valence-electron chi connectivity index (χ0n) is 11.5. The van der Waals surface area contributed by atoms with Crippen LogP contribution >= 0.6 is 11.6 Å². The van der Waals surface area contributed by atoms with E-state index in [0.717, 1.165) is 6.07 Å². The lowest BCUT2D eigenvalue weighted by molar-refractivity contribution is -0.120. The minimum absolute atomic E-state index is 0.0155. The van der Waals surface area contributed by atoms with Crippen LogP contribution in [0.5, 0.6) is 5.88 Å². The van der Waals surface area contributed by atoms with Gasteiger partial charge < -0.3 is 4.74 Å². The number of halogens is 3. The highest BCUT2D eigenvalue weighted by Gasteiger charge is 2.18. The van der Waals surface area contributed by atoms with Crippen LogP contribution in [0.1, 0.15) is 0 Å². The lowest BCUT2D eigenvalue weighted by Crippen LogP contribution is -2.01. The largest absolute Gasteiger partial charge is 0.408 e. The molecular weight excluding hydrogens is 326 g/mol. The van der Waals surface area contributed by atoms with Crippen molar-refractivity contribution in [1.29, 1.82) is 0 Å². The number of rotatable bonds is 4. The number of ether oxygens (including phenoxy) is 1. The van der Waals surface area contributed by atoms with Gasteiger partial charge in [-0.1, -0.05) is 23.7 Å². The minimum atomic E-state index is -1.02. The molecule has 2 aromatic carbocycles. The van der Waals surface area contributed by atoms with Crippen LogP contribution in [0.15, 0.2) is 48.5 Å². The molecule has 1 heterocycles. The van der Waals surface area contributed by atoms with E-state index in [1.54, 1.807) is 24.3 Å². The van der Waals surface area contributed by atoms with Crippen molar-refractivity contribution in [3.05, 3.63) is 65.2 Å². The lowest BCUT2D eigenvalue weighted by atomic mass is 10.1. The summed E-state index contributed by atoms with van der Waals surface area (Å²) in [7, 11) is 0. The number of hydrogen-bond donors (Lipinski definition) is 0. The Labute approximate surface area is 134 Å². The van der Waals surface area contributed by atoms with E-state index in [-0.39, 0.29) is 23.6 Å². The number of hydrogen-bond acceptors (Lipinski definition) is 3. The van der Waals surface area contributed by atoms with E-state index in [1.807, 2.05) is 0 Å². The summed E-state index contributed by atoms with van der Waals surface area (Å²) >= 11 is 5.95. The third kappa shape index (κ3) is 2.93. The third-order valence-corrected chi connectivity index (χ3v) is 3.37. The molecule has 0 atom stereocenters. The molecule has 4 nitrogen and oxygen atoms in total. The van der Waals surface area contributed by atoms with Gasteiger partial charge in [-0.15, -0.1) is 5.10 Å². The second kappa shape index (κ2) is 6.18. The molecule has 3 rings (SSSR count). The van der Waals surface area contributed by atoms with Gasteiger partial charge in [0.25, 0.3) is 6.47 Å². The Balaban J connectivity index is 2.23. The van der Waals surface area contributed by atoms with Crippen molar-refractivity contribution >= 4 is 18.1 Å². The monoisotopic (exact) mass is 334 g/mol. The van der Waals surface area contributed by atoms with Crippen LogP contribution in [0.4, 0.5) is 8.78 Å². The summed E-state index contributed by atoms with van der Waals surface area (Å²) in [6, 6.07) is 11.8. The molecule has 0 amide bonds. The van der Waals surface area contributed by atoms with Crippen LogP contribution in [0.2, 0.25) is 5.02 Å². The maximum Gasteiger partial charge on any atom is 0.299 e.